The van der Waals surface area contributed by atoms with Crippen LogP contribution in [-0.2, 0) is 47.5 Å². The molecular formula is C54H78O19. The normalized spacial score (nSPS) is 39.5. The van der Waals surface area contributed by atoms with Crippen LogP contribution in [0.25, 0.3) is 0 Å². The lowest BCUT2D eigenvalue weighted by Crippen LogP contribution is -2.57. The molecule has 73 heavy (non-hydrogen) atoms. The van der Waals surface area contributed by atoms with Crippen molar-refractivity contribution in [1.29, 1.82) is 0 Å². The van der Waals surface area contributed by atoms with E-state index < -0.39 is 147 Å². The van der Waals surface area contributed by atoms with Gasteiger partial charge in [-0.05, 0) is 33.1 Å². The maximum atomic E-state index is 13.9. The molecule has 3 rings (SSSR count). The van der Waals surface area contributed by atoms with Gasteiger partial charge in [0, 0.05) is 38.0 Å². The lowest BCUT2D eigenvalue weighted by atomic mass is 9.82. The molecule has 8 N–H and O–H groups in total. The van der Waals surface area contributed by atoms with Crippen molar-refractivity contribution in [3.63, 3.8) is 0 Å². The third-order valence-electron chi connectivity index (χ3n) is 12.5. The fourth-order valence-electron chi connectivity index (χ4n) is 8.31. The van der Waals surface area contributed by atoms with E-state index in [9.17, 15) is 60.0 Å². The quantitative estimate of drug-likeness (QED) is 0.0969. The third-order valence-corrected chi connectivity index (χ3v) is 12.5. The summed E-state index contributed by atoms with van der Waals surface area (Å²) >= 11 is 0. The van der Waals surface area contributed by atoms with Gasteiger partial charge < -0.3 is 74.0 Å². The van der Waals surface area contributed by atoms with Gasteiger partial charge in [0.25, 0.3) is 0 Å². The van der Waals surface area contributed by atoms with Gasteiger partial charge in [-0.1, -0.05) is 124 Å². The van der Waals surface area contributed by atoms with Crippen LogP contribution in [0.1, 0.15) is 85.5 Å². The van der Waals surface area contributed by atoms with E-state index in [2.05, 4.69) is 13.2 Å². The number of allylic oxidation sites excluding steroid dienone is 13. The lowest BCUT2D eigenvalue weighted by Gasteiger charge is -2.46. The largest absolute Gasteiger partial charge is 0.508 e. The molecule has 0 spiro atoms. The molecule has 19 heteroatoms. The van der Waals surface area contributed by atoms with Gasteiger partial charge in [-0.25, -0.2) is 4.79 Å². The van der Waals surface area contributed by atoms with Gasteiger partial charge >= 0.3 is 18.1 Å². The van der Waals surface area contributed by atoms with Crippen LogP contribution in [0.15, 0.2) is 110 Å². The predicted octanol–water partition coefficient (Wildman–Crippen LogP) is 3.97. The Morgan fingerprint density at radius 3 is 1.88 bits per heavy atom. The average Bonchev–Trinajstić information content (AvgIpc) is 3.32. The maximum Gasteiger partial charge on any atom is 0.508 e. The van der Waals surface area contributed by atoms with E-state index in [0.717, 1.165) is 0 Å². The number of Topliss-reactive ketones (excluding diaryl/α,β-unsaturated/α-hetero) is 1. The van der Waals surface area contributed by atoms with Crippen molar-refractivity contribution in [3.05, 3.63) is 110 Å². The highest BCUT2D eigenvalue weighted by atomic mass is 16.7. The van der Waals surface area contributed by atoms with Crippen molar-refractivity contribution in [3.8, 4) is 0 Å². The summed E-state index contributed by atoms with van der Waals surface area (Å²) in [6, 6.07) is 0. The smallest absolute Gasteiger partial charge is 0.462 e. The molecule has 0 aromatic rings. The van der Waals surface area contributed by atoms with Crippen LogP contribution in [-0.4, -0.2) is 163 Å². The van der Waals surface area contributed by atoms with Gasteiger partial charge in [0.1, 0.15) is 43.2 Å². The fourth-order valence-corrected chi connectivity index (χ4v) is 8.31. The molecule has 0 saturated carbocycles. The van der Waals surface area contributed by atoms with E-state index in [0.29, 0.717) is 0 Å². The van der Waals surface area contributed by atoms with Crippen molar-refractivity contribution in [2.45, 2.75) is 171 Å². The molecule has 3 aliphatic rings. The van der Waals surface area contributed by atoms with E-state index in [-0.39, 0.29) is 51.1 Å². The number of carbonyl (C=O) groups is 4. The first-order chi connectivity index (χ1) is 34.7. The number of cyclic esters (lactones) is 1. The monoisotopic (exact) mass is 1030 g/mol. The van der Waals surface area contributed by atoms with E-state index in [1.807, 2.05) is 0 Å². The second kappa shape index (κ2) is 32.4. The summed E-state index contributed by atoms with van der Waals surface area (Å²) in [6.45, 7) is 13.1. The number of esters is 2. The molecule has 3 heterocycles. The Labute approximate surface area is 428 Å². The molecule has 2 bridgehead atoms. The van der Waals surface area contributed by atoms with Gasteiger partial charge in [0.2, 0.25) is 0 Å². The highest BCUT2D eigenvalue weighted by Crippen LogP contribution is 2.40. The molecule has 0 aliphatic carbocycles. The van der Waals surface area contributed by atoms with Gasteiger partial charge in [0.05, 0.1) is 67.3 Å². The molecule has 0 aromatic heterocycles. The Balaban J connectivity index is 2.01. The second-order valence-electron chi connectivity index (χ2n) is 18.7. The van der Waals surface area contributed by atoms with Crippen molar-refractivity contribution in [2.75, 3.05) is 13.2 Å². The third kappa shape index (κ3) is 22.6. The highest BCUT2D eigenvalue weighted by molar-refractivity contribution is 5.85. The van der Waals surface area contributed by atoms with Gasteiger partial charge in [-0.15, -0.1) is 0 Å². The van der Waals surface area contributed by atoms with E-state index in [1.165, 1.54) is 12.2 Å². The number of hydrogen-bond donors (Lipinski definition) is 8. The molecule has 2 saturated heterocycles. The van der Waals surface area contributed by atoms with Gasteiger partial charge in [0.15, 0.2) is 12.1 Å². The van der Waals surface area contributed by atoms with Crippen LogP contribution in [0.4, 0.5) is 4.79 Å². The van der Waals surface area contributed by atoms with Crippen LogP contribution < -0.4 is 0 Å². The Bertz CT molecular complexity index is 1960. The Kier molecular flexibility index (Phi) is 27.7. The molecular weight excluding hydrogens is 953 g/mol. The number of rotatable bonds is 8. The minimum atomic E-state index is -2.39. The van der Waals surface area contributed by atoms with Crippen molar-refractivity contribution >= 4 is 23.9 Å². The first-order valence-electron chi connectivity index (χ1n) is 24.8. The summed E-state index contributed by atoms with van der Waals surface area (Å²) in [5, 5.41) is 87.7. The molecule has 0 aromatic carbocycles. The topological polar surface area (TPSA) is 295 Å². The van der Waals surface area contributed by atoms with Gasteiger partial charge in [-0.2, -0.15) is 0 Å². The average molecular weight is 1030 g/mol. The predicted molar refractivity (Wildman–Crippen MR) is 267 cm³/mol. The zero-order valence-corrected chi connectivity index (χ0v) is 42.2. The number of fused-ring (bicyclic) bond motifs is 2. The summed E-state index contributed by atoms with van der Waals surface area (Å²) < 4.78 is 39.8. The van der Waals surface area contributed by atoms with Crippen molar-refractivity contribution in [2.24, 2.45) is 17.8 Å². The molecule has 408 valence electrons. The van der Waals surface area contributed by atoms with Crippen LogP contribution in [0.5, 0.6) is 0 Å². The summed E-state index contributed by atoms with van der Waals surface area (Å²) in [6.07, 6.45) is 5.83. The summed E-state index contributed by atoms with van der Waals surface area (Å²) in [5.74, 6) is -6.86. The van der Waals surface area contributed by atoms with E-state index >= 15 is 0 Å². The van der Waals surface area contributed by atoms with Crippen LogP contribution in [0.2, 0.25) is 0 Å². The summed E-state index contributed by atoms with van der Waals surface area (Å²) in [7, 11) is 0. The number of carbonyl (C=O) groups excluding carboxylic acids is 4. The highest BCUT2D eigenvalue weighted by Gasteiger charge is 2.53. The summed E-state index contributed by atoms with van der Waals surface area (Å²) in [5.41, 5.74) is 0. The SMILES string of the molecule is C=CCOC(=O)O[C@H]1C[C@@]2(O)C[C@@H](O)C[C@@H](O)[C@H](O)CC[C@@H](O)C[C@@H](O)CC(=O)O[C@@H](C)[C@H](C)C(=O)[C@@H](C)/C=C/C=C/C=C/C=C/C=C/C=C/C=C/[C@H](O[C@@H]3O[C@H](C)[C@@H](O)C[C@@H]3O)C[C@H](O2)[C@@H]1C(=O)OCC=C. The number of ketones is 1. The van der Waals surface area contributed by atoms with Crippen LogP contribution >= 0.6 is 0 Å². The van der Waals surface area contributed by atoms with Crippen molar-refractivity contribution in [1.82, 2.24) is 0 Å². The van der Waals surface area contributed by atoms with Crippen LogP contribution in [0.3, 0.4) is 0 Å². The first kappa shape index (κ1) is 62.4. The first-order valence-corrected chi connectivity index (χ1v) is 24.8. The molecule has 3 aliphatic heterocycles. The minimum absolute atomic E-state index is 0.0810. The van der Waals surface area contributed by atoms with Crippen molar-refractivity contribution < 1.29 is 93.2 Å². The van der Waals surface area contributed by atoms with Gasteiger partial charge in [-0.3, -0.25) is 14.4 Å². The van der Waals surface area contributed by atoms with E-state index in [1.54, 1.807) is 113 Å². The molecule has 0 unspecified atom stereocenters. The zero-order chi connectivity index (χ0) is 54.1. The standard InChI is InChI=1S/C54H78O19/c1-7-25-67-51(64)49-46-30-41(71-52-45(61)31-43(59)37(6)70-52)22-20-18-16-14-12-10-9-11-13-15-17-19-21-34(3)50(63)35(4)36(5)69-48(62)29-39(56)27-38(55)23-24-42(58)44(60)28-40(57)32-54(66,73-46)33-47(49)72-53(65)68-26-8-2/h7-22,34-47,49,52,55-61,66H,1-2,23-33H2,3-6H3/b10-9+,13-11+,14-12+,17-15+,18-16+,21-19+,22-20+/t34-,35-,36-,37+,38+,39+,40-,41-,42+,43-,44+,45-,46-,47-,49-,52-,54+/m0/s1. The Morgan fingerprint density at radius 2 is 1.26 bits per heavy atom. The number of ether oxygens (including phenoxy) is 7. The second-order valence-corrected chi connectivity index (χ2v) is 18.7. The molecule has 0 amide bonds. The molecule has 2 fully saturated rings. The number of aliphatic hydroxyl groups excluding tert-OH is 7. The molecule has 17 atom stereocenters. The number of hydrogen-bond acceptors (Lipinski definition) is 19. The minimum Gasteiger partial charge on any atom is -0.462 e. The number of aliphatic hydroxyl groups is 8. The Hall–Kier alpha value is -4.90. The summed E-state index contributed by atoms with van der Waals surface area (Å²) in [4.78, 5) is 52.6. The van der Waals surface area contributed by atoms with E-state index in [4.69, 9.17) is 33.2 Å². The van der Waals surface area contributed by atoms with Crippen LogP contribution in [0, 0.1) is 17.8 Å². The fraction of sp³-hybridized carbons (Fsp3) is 0.593. The zero-order valence-electron chi connectivity index (χ0n) is 42.2. The maximum absolute atomic E-state index is 13.9. The molecule has 19 nitrogen and oxygen atoms in total. The Morgan fingerprint density at radius 1 is 0.671 bits per heavy atom. The lowest BCUT2D eigenvalue weighted by molar-refractivity contribution is -0.308. The molecule has 0 radical (unpaired) electrons.